The van der Waals surface area contributed by atoms with Crippen molar-refractivity contribution in [3.63, 3.8) is 0 Å². The minimum atomic E-state index is -0.956. The Morgan fingerprint density at radius 3 is 2.68 bits per heavy atom. The van der Waals surface area contributed by atoms with Gasteiger partial charge < -0.3 is 15.2 Å². The minimum Gasteiger partial charge on any atom is -0.481 e. The standard InChI is InChI=1S/C12H14N2O4S/c1-5-4-19-12(13-5)14-10(15)8-6-2-3-7(18-6)9(8)11(16)17/h4,6-9H,2-3H2,1H3,(H,16,17)(H,13,14,15)/t6-,7+,8-,9+/m1/s1. The van der Waals surface area contributed by atoms with Crippen LogP contribution in [0.4, 0.5) is 5.13 Å². The molecule has 19 heavy (non-hydrogen) atoms. The van der Waals surface area contributed by atoms with E-state index in [1.807, 2.05) is 12.3 Å². The molecule has 7 heteroatoms. The van der Waals surface area contributed by atoms with Crippen LogP contribution in [-0.4, -0.2) is 34.2 Å². The highest BCUT2D eigenvalue weighted by Crippen LogP contribution is 2.44. The fraction of sp³-hybridized carbons (Fsp3) is 0.583. The lowest BCUT2D eigenvalue weighted by Crippen LogP contribution is -2.40. The lowest BCUT2D eigenvalue weighted by molar-refractivity contribution is -0.147. The van der Waals surface area contributed by atoms with E-state index in [2.05, 4.69) is 10.3 Å². The summed E-state index contributed by atoms with van der Waals surface area (Å²) in [5.74, 6) is -2.60. The molecule has 4 atom stereocenters. The fourth-order valence-corrected chi connectivity index (χ4v) is 3.62. The van der Waals surface area contributed by atoms with Gasteiger partial charge >= 0.3 is 5.97 Å². The van der Waals surface area contributed by atoms with Gasteiger partial charge in [-0.1, -0.05) is 0 Å². The van der Waals surface area contributed by atoms with Gasteiger partial charge in [-0.05, 0) is 19.8 Å². The third-order valence-electron chi connectivity index (χ3n) is 3.71. The highest BCUT2D eigenvalue weighted by molar-refractivity contribution is 7.13. The number of thiazole rings is 1. The molecular formula is C12H14N2O4S. The molecule has 102 valence electrons. The van der Waals surface area contributed by atoms with Gasteiger partial charge in [0.2, 0.25) is 5.91 Å². The topological polar surface area (TPSA) is 88.5 Å². The largest absolute Gasteiger partial charge is 0.481 e. The molecule has 0 saturated carbocycles. The summed E-state index contributed by atoms with van der Waals surface area (Å²) in [6.45, 7) is 1.84. The number of carboxylic acid groups (broad SMARTS) is 1. The summed E-state index contributed by atoms with van der Waals surface area (Å²) < 4.78 is 5.56. The van der Waals surface area contributed by atoms with Gasteiger partial charge in [-0.15, -0.1) is 11.3 Å². The maximum absolute atomic E-state index is 12.2. The summed E-state index contributed by atoms with van der Waals surface area (Å²) in [5, 5.41) is 14.3. The van der Waals surface area contributed by atoms with Crippen molar-refractivity contribution in [1.82, 2.24) is 4.98 Å². The van der Waals surface area contributed by atoms with Crippen LogP contribution in [0.25, 0.3) is 0 Å². The first kappa shape index (κ1) is 12.6. The zero-order chi connectivity index (χ0) is 13.6. The van der Waals surface area contributed by atoms with E-state index in [1.54, 1.807) is 0 Å². The smallest absolute Gasteiger partial charge is 0.310 e. The number of rotatable bonds is 3. The molecule has 0 radical (unpaired) electrons. The van der Waals surface area contributed by atoms with Crippen LogP contribution in [-0.2, 0) is 14.3 Å². The molecule has 6 nitrogen and oxygen atoms in total. The van der Waals surface area contributed by atoms with Crippen molar-refractivity contribution in [2.45, 2.75) is 32.0 Å². The predicted molar refractivity (Wildman–Crippen MR) is 68.0 cm³/mol. The van der Waals surface area contributed by atoms with Gasteiger partial charge in [-0.25, -0.2) is 4.98 Å². The van der Waals surface area contributed by atoms with Crippen molar-refractivity contribution >= 4 is 28.3 Å². The molecule has 2 bridgehead atoms. The highest BCUT2D eigenvalue weighted by Gasteiger charge is 2.55. The Morgan fingerprint density at radius 2 is 2.11 bits per heavy atom. The number of nitrogens with zero attached hydrogens (tertiary/aromatic N) is 1. The van der Waals surface area contributed by atoms with Crippen LogP contribution in [0.1, 0.15) is 18.5 Å². The number of aliphatic carboxylic acids is 1. The number of aromatic nitrogens is 1. The number of fused-ring (bicyclic) bond motifs is 2. The van der Waals surface area contributed by atoms with E-state index in [1.165, 1.54) is 11.3 Å². The minimum absolute atomic E-state index is 0.271. The van der Waals surface area contributed by atoms with Gasteiger partial charge in [0.05, 0.1) is 29.7 Å². The first-order valence-electron chi connectivity index (χ1n) is 6.17. The van der Waals surface area contributed by atoms with Crippen molar-refractivity contribution in [1.29, 1.82) is 0 Å². The number of carbonyl (C=O) groups is 2. The van der Waals surface area contributed by atoms with Gasteiger partial charge in [0.15, 0.2) is 5.13 Å². The molecule has 1 amide bonds. The van der Waals surface area contributed by atoms with Gasteiger partial charge in [0.25, 0.3) is 0 Å². The molecule has 0 unspecified atom stereocenters. The molecule has 3 heterocycles. The average Bonchev–Trinajstić information content (AvgIpc) is 3.03. The summed E-state index contributed by atoms with van der Waals surface area (Å²) in [7, 11) is 0. The van der Waals surface area contributed by atoms with Gasteiger partial charge in [-0.2, -0.15) is 0 Å². The zero-order valence-electron chi connectivity index (χ0n) is 10.3. The van der Waals surface area contributed by atoms with E-state index >= 15 is 0 Å². The van der Waals surface area contributed by atoms with E-state index in [0.717, 1.165) is 18.5 Å². The Hall–Kier alpha value is -1.47. The summed E-state index contributed by atoms with van der Waals surface area (Å²) in [6, 6.07) is 0. The van der Waals surface area contributed by atoms with Gasteiger partial charge in [0.1, 0.15) is 0 Å². The summed E-state index contributed by atoms with van der Waals surface area (Å²) >= 11 is 1.34. The lowest BCUT2D eigenvalue weighted by Gasteiger charge is -2.23. The first-order valence-corrected chi connectivity index (χ1v) is 7.05. The molecule has 2 N–H and O–H groups in total. The number of carbonyl (C=O) groups excluding carboxylic acids is 1. The summed E-state index contributed by atoms with van der Waals surface area (Å²) in [4.78, 5) is 27.7. The van der Waals surface area contributed by atoms with E-state index in [4.69, 9.17) is 4.74 Å². The van der Waals surface area contributed by atoms with Crippen molar-refractivity contribution in [3.8, 4) is 0 Å². The molecule has 3 rings (SSSR count). The van der Waals surface area contributed by atoms with Crippen molar-refractivity contribution in [3.05, 3.63) is 11.1 Å². The van der Waals surface area contributed by atoms with Crippen LogP contribution in [0.2, 0.25) is 0 Å². The summed E-state index contributed by atoms with van der Waals surface area (Å²) in [5.41, 5.74) is 0.833. The maximum atomic E-state index is 12.2. The number of ether oxygens (including phenoxy) is 1. The van der Waals surface area contributed by atoms with E-state index in [9.17, 15) is 14.7 Å². The van der Waals surface area contributed by atoms with E-state index in [-0.39, 0.29) is 18.1 Å². The second-order valence-corrected chi connectivity index (χ2v) is 5.82. The number of hydrogen-bond donors (Lipinski definition) is 2. The predicted octanol–water partition coefficient (Wildman–Crippen LogP) is 1.27. The molecule has 2 saturated heterocycles. The second-order valence-electron chi connectivity index (χ2n) is 4.96. The fourth-order valence-electron chi connectivity index (χ4n) is 2.92. The Kier molecular flexibility index (Phi) is 3.02. The average molecular weight is 282 g/mol. The maximum Gasteiger partial charge on any atom is 0.310 e. The monoisotopic (exact) mass is 282 g/mol. The molecule has 0 aromatic carbocycles. The van der Waals surface area contributed by atoms with E-state index in [0.29, 0.717) is 5.13 Å². The number of carboxylic acids is 1. The third-order valence-corrected chi connectivity index (χ3v) is 4.59. The third kappa shape index (κ3) is 2.12. The summed E-state index contributed by atoms with van der Waals surface area (Å²) in [6.07, 6.45) is 0.883. The molecule has 2 aliphatic rings. The quantitative estimate of drug-likeness (QED) is 0.871. The lowest BCUT2D eigenvalue weighted by atomic mass is 9.79. The van der Waals surface area contributed by atoms with Gasteiger partial charge in [0, 0.05) is 5.38 Å². The molecule has 0 spiro atoms. The molecule has 1 aromatic rings. The molecule has 1 aromatic heterocycles. The van der Waals surface area contributed by atoms with Crippen LogP contribution in [0.3, 0.4) is 0 Å². The molecular weight excluding hydrogens is 268 g/mol. The molecule has 2 aliphatic heterocycles. The Bertz CT molecular complexity index is 530. The number of nitrogens with one attached hydrogen (secondary N) is 1. The van der Waals surface area contributed by atoms with E-state index < -0.39 is 17.8 Å². The van der Waals surface area contributed by atoms with Crippen molar-refractivity contribution in [2.75, 3.05) is 5.32 Å². The van der Waals surface area contributed by atoms with Gasteiger partial charge in [-0.3, -0.25) is 9.59 Å². The highest BCUT2D eigenvalue weighted by atomic mass is 32.1. The van der Waals surface area contributed by atoms with Crippen LogP contribution in [0.5, 0.6) is 0 Å². The number of hydrogen-bond acceptors (Lipinski definition) is 5. The Balaban J connectivity index is 1.77. The number of amides is 1. The molecule has 0 aliphatic carbocycles. The number of aryl methyl sites for hydroxylation is 1. The Morgan fingerprint density at radius 1 is 1.42 bits per heavy atom. The van der Waals surface area contributed by atoms with Crippen LogP contribution >= 0.6 is 11.3 Å². The zero-order valence-corrected chi connectivity index (χ0v) is 11.1. The Labute approximate surface area is 113 Å². The van der Waals surface area contributed by atoms with Crippen LogP contribution in [0, 0.1) is 18.8 Å². The van der Waals surface area contributed by atoms with Crippen molar-refractivity contribution in [2.24, 2.45) is 11.8 Å². The molecule has 2 fully saturated rings. The first-order chi connectivity index (χ1) is 9.06. The van der Waals surface area contributed by atoms with Crippen molar-refractivity contribution < 1.29 is 19.4 Å². The second kappa shape index (κ2) is 4.57. The number of anilines is 1. The normalized spacial score (nSPS) is 32.5. The van der Waals surface area contributed by atoms with Crippen LogP contribution < -0.4 is 5.32 Å². The van der Waals surface area contributed by atoms with Crippen LogP contribution in [0.15, 0.2) is 5.38 Å². The SMILES string of the molecule is Cc1csc(NC(=O)[C@H]2[C@@H](C(=O)O)[C@@H]3CC[C@H]2O3)n1.